The van der Waals surface area contributed by atoms with Gasteiger partial charge in [-0.1, -0.05) is 37.0 Å². The number of carbonyl (C=O) groups excluding carboxylic acids is 1. The van der Waals surface area contributed by atoms with E-state index in [9.17, 15) is 18.0 Å². The van der Waals surface area contributed by atoms with Crippen LogP contribution in [0.2, 0.25) is 0 Å². The van der Waals surface area contributed by atoms with E-state index >= 15 is 0 Å². The predicted molar refractivity (Wildman–Crippen MR) is 59.2 cm³/mol. The summed E-state index contributed by atoms with van der Waals surface area (Å²) >= 11 is 16.2. The van der Waals surface area contributed by atoms with E-state index in [1.807, 2.05) is 0 Å². The monoisotopic (exact) mass is 298 g/mol. The van der Waals surface area contributed by atoms with Crippen LogP contribution in [0, 0.1) is 5.41 Å². The predicted octanol–water partition coefficient (Wildman–Crippen LogP) is 4.34. The first kappa shape index (κ1) is 16.3. The van der Waals surface area contributed by atoms with Crippen molar-refractivity contribution in [2.24, 2.45) is 5.41 Å². The van der Waals surface area contributed by atoms with Crippen LogP contribution < -0.4 is 0 Å². The molecule has 0 aliphatic heterocycles. The zero-order chi connectivity index (χ0) is 13.2. The Balaban J connectivity index is 4.68. The Hall–Kier alpha value is 0.330. The third-order valence-electron chi connectivity index (χ3n) is 2.31. The van der Waals surface area contributed by atoms with Crippen molar-refractivity contribution >= 4 is 41.1 Å². The summed E-state index contributed by atoms with van der Waals surface area (Å²) in [6.07, 6.45) is -4.77. The molecule has 0 aliphatic carbocycles. The topological polar surface area (TPSA) is 17.1 Å². The highest BCUT2D eigenvalue weighted by molar-refractivity contribution is 6.49. The Morgan fingerprint density at radius 3 is 2.00 bits per heavy atom. The maximum Gasteiger partial charge on any atom is 0.421 e. The number of rotatable bonds is 5. The first-order valence-corrected chi connectivity index (χ1v) is 5.65. The average molecular weight is 300 g/mol. The molecule has 96 valence electrons. The number of halogens is 6. The SMILES string of the molecule is CC(C)(CC=O)C(Cl)CC(Cl)(Cl)C(F)(F)F. The molecule has 1 unspecified atom stereocenters. The lowest BCUT2D eigenvalue weighted by Crippen LogP contribution is -2.40. The maximum absolute atomic E-state index is 12.4. The van der Waals surface area contributed by atoms with Gasteiger partial charge in [0.05, 0.1) is 0 Å². The van der Waals surface area contributed by atoms with Crippen LogP contribution in [0.1, 0.15) is 26.7 Å². The summed E-state index contributed by atoms with van der Waals surface area (Å²) < 4.78 is 34.2. The first-order valence-electron chi connectivity index (χ1n) is 4.46. The molecule has 0 radical (unpaired) electrons. The summed E-state index contributed by atoms with van der Waals surface area (Å²) in [6.45, 7) is 3.17. The Morgan fingerprint density at radius 2 is 1.69 bits per heavy atom. The third kappa shape index (κ3) is 4.30. The van der Waals surface area contributed by atoms with Gasteiger partial charge >= 0.3 is 6.18 Å². The largest absolute Gasteiger partial charge is 0.421 e. The molecule has 0 aromatic heterocycles. The highest BCUT2D eigenvalue weighted by Crippen LogP contribution is 2.47. The molecule has 0 aliphatic rings. The molecule has 16 heavy (non-hydrogen) atoms. The zero-order valence-corrected chi connectivity index (χ0v) is 11.0. The normalized spacial score (nSPS) is 16.0. The molecule has 0 aromatic rings. The van der Waals surface area contributed by atoms with Gasteiger partial charge in [0, 0.05) is 18.2 Å². The van der Waals surface area contributed by atoms with Gasteiger partial charge in [-0.2, -0.15) is 13.2 Å². The van der Waals surface area contributed by atoms with Crippen molar-refractivity contribution in [3.63, 3.8) is 0 Å². The number of carbonyl (C=O) groups is 1. The van der Waals surface area contributed by atoms with Crippen LogP contribution in [0.5, 0.6) is 0 Å². The molecule has 0 amide bonds. The van der Waals surface area contributed by atoms with Gasteiger partial charge in [0.15, 0.2) is 0 Å². The Kier molecular flexibility index (Phi) is 5.43. The number of alkyl halides is 6. The van der Waals surface area contributed by atoms with Gasteiger partial charge in [-0.3, -0.25) is 0 Å². The van der Waals surface area contributed by atoms with Crippen molar-refractivity contribution in [3.8, 4) is 0 Å². The molecule has 0 saturated heterocycles. The molecule has 1 nitrogen and oxygen atoms in total. The van der Waals surface area contributed by atoms with E-state index < -0.39 is 27.7 Å². The lowest BCUT2D eigenvalue weighted by atomic mass is 9.83. The summed E-state index contributed by atoms with van der Waals surface area (Å²) in [7, 11) is 0. The van der Waals surface area contributed by atoms with E-state index in [4.69, 9.17) is 34.8 Å². The van der Waals surface area contributed by atoms with Gasteiger partial charge in [0.1, 0.15) is 6.29 Å². The standard InChI is InChI=1S/C9H12Cl3F3O/c1-7(2,3-4-16)6(10)5-8(11,12)9(13,14)15/h4,6H,3,5H2,1-2H3. The van der Waals surface area contributed by atoms with Crippen molar-refractivity contribution in [3.05, 3.63) is 0 Å². The second kappa shape index (κ2) is 5.32. The van der Waals surface area contributed by atoms with Crippen molar-refractivity contribution in [1.82, 2.24) is 0 Å². The molecule has 7 heteroatoms. The number of hydrogen-bond donors (Lipinski definition) is 0. The van der Waals surface area contributed by atoms with Crippen LogP contribution in [0.4, 0.5) is 13.2 Å². The van der Waals surface area contributed by atoms with Gasteiger partial charge in [0.2, 0.25) is 4.33 Å². The molecular formula is C9H12Cl3F3O. The minimum Gasteiger partial charge on any atom is -0.303 e. The van der Waals surface area contributed by atoms with E-state index in [1.165, 1.54) is 0 Å². The molecule has 0 heterocycles. The molecule has 0 rings (SSSR count). The minimum atomic E-state index is -4.75. The summed E-state index contributed by atoms with van der Waals surface area (Å²) in [5.41, 5.74) is -0.788. The Labute approximate surface area is 107 Å². The molecule has 0 spiro atoms. The number of hydrogen-bond acceptors (Lipinski definition) is 1. The molecular weight excluding hydrogens is 287 g/mol. The van der Waals surface area contributed by atoms with Crippen molar-refractivity contribution in [2.75, 3.05) is 0 Å². The fraction of sp³-hybridized carbons (Fsp3) is 0.889. The second-order valence-electron chi connectivity index (χ2n) is 4.23. The quantitative estimate of drug-likeness (QED) is 0.545. The highest BCUT2D eigenvalue weighted by atomic mass is 35.5. The average Bonchev–Trinajstić information content (AvgIpc) is 2.00. The molecule has 0 saturated carbocycles. The molecule has 0 fully saturated rings. The van der Waals surface area contributed by atoms with Crippen LogP contribution in [-0.4, -0.2) is 22.2 Å². The van der Waals surface area contributed by atoms with Crippen LogP contribution in [-0.2, 0) is 4.79 Å². The van der Waals surface area contributed by atoms with Gasteiger partial charge in [-0.05, 0) is 5.41 Å². The van der Waals surface area contributed by atoms with E-state index in [1.54, 1.807) is 13.8 Å². The highest BCUT2D eigenvalue weighted by Gasteiger charge is 2.54. The molecule has 0 aromatic carbocycles. The summed E-state index contributed by atoms with van der Waals surface area (Å²) in [5, 5.41) is -0.950. The minimum absolute atomic E-state index is 0.0445. The van der Waals surface area contributed by atoms with E-state index in [0.29, 0.717) is 6.29 Å². The third-order valence-corrected chi connectivity index (χ3v) is 3.79. The van der Waals surface area contributed by atoms with Crippen molar-refractivity contribution in [2.45, 2.75) is 42.6 Å². The van der Waals surface area contributed by atoms with Gasteiger partial charge < -0.3 is 4.79 Å². The van der Waals surface area contributed by atoms with Gasteiger partial charge in [-0.15, -0.1) is 11.6 Å². The fourth-order valence-electron chi connectivity index (χ4n) is 0.960. The Morgan fingerprint density at radius 1 is 1.25 bits per heavy atom. The molecule has 1 atom stereocenters. The van der Waals surface area contributed by atoms with Crippen LogP contribution >= 0.6 is 34.8 Å². The van der Waals surface area contributed by atoms with Crippen LogP contribution in [0.3, 0.4) is 0 Å². The van der Waals surface area contributed by atoms with E-state index in [-0.39, 0.29) is 6.42 Å². The Bertz CT molecular complexity index is 251. The molecule has 0 bridgehead atoms. The summed E-state index contributed by atoms with van der Waals surface area (Å²) in [6, 6.07) is 0. The van der Waals surface area contributed by atoms with Gasteiger partial charge in [-0.25, -0.2) is 0 Å². The van der Waals surface area contributed by atoms with Gasteiger partial charge in [0.25, 0.3) is 0 Å². The van der Waals surface area contributed by atoms with Crippen LogP contribution in [0.25, 0.3) is 0 Å². The lowest BCUT2D eigenvalue weighted by molar-refractivity contribution is -0.143. The number of aldehydes is 1. The fourth-order valence-corrected chi connectivity index (χ4v) is 1.75. The first-order chi connectivity index (χ1) is 6.94. The smallest absolute Gasteiger partial charge is 0.303 e. The van der Waals surface area contributed by atoms with Crippen molar-refractivity contribution in [1.29, 1.82) is 0 Å². The van der Waals surface area contributed by atoms with Crippen LogP contribution in [0.15, 0.2) is 0 Å². The van der Waals surface area contributed by atoms with E-state index in [2.05, 4.69) is 0 Å². The zero-order valence-electron chi connectivity index (χ0n) is 8.74. The lowest BCUT2D eigenvalue weighted by Gasteiger charge is -2.33. The van der Waals surface area contributed by atoms with E-state index in [0.717, 1.165) is 0 Å². The summed E-state index contributed by atoms with van der Waals surface area (Å²) in [4.78, 5) is 10.3. The summed E-state index contributed by atoms with van der Waals surface area (Å²) in [5.74, 6) is 0. The molecule has 0 N–H and O–H groups in total. The second-order valence-corrected chi connectivity index (χ2v) is 6.24. The maximum atomic E-state index is 12.4. The van der Waals surface area contributed by atoms with Crippen molar-refractivity contribution < 1.29 is 18.0 Å².